The van der Waals surface area contributed by atoms with Crippen molar-refractivity contribution in [3.05, 3.63) is 217 Å². The second kappa shape index (κ2) is 21.0. The average Bonchev–Trinajstić information content (AvgIpc) is 3.28. The highest BCUT2D eigenvalue weighted by molar-refractivity contribution is 6.04. The van der Waals surface area contributed by atoms with E-state index in [0.29, 0.717) is 5.92 Å². The highest BCUT2D eigenvalue weighted by Gasteiger charge is 2.13. The molecule has 0 bridgehead atoms. The third-order valence-corrected chi connectivity index (χ3v) is 9.78. The van der Waals surface area contributed by atoms with Gasteiger partial charge in [-0.2, -0.15) is 0 Å². The van der Waals surface area contributed by atoms with Crippen molar-refractivity contribution < 1.29 is 0 Å². The molecule has 1 unspecified atom stereocenters. The predicted octanol–water partition coefficient (Wildman–Crippen LogP) is 16.0. The number of nitrogens with zero attached hydrogens (tertiary/aromatic N) is 1. The summed E-state index contributed by atoms with van der Waals surface area (Å²) in [6.45, 7) is 16.4. The lowest BCUT2D eigenvalue weighted by atomic mass is 9.94. The van der Waals surface area contributed by atoms with E-state index in [4.69, 9.17) is 4.99 Å². The Hall–Kier alpha value is -6.31. The molecule has 280 valence electrons. The van der Waals surface area contributed by atoms with Crippen LogP contribution in [-0.2, 0) is 0 Å². The summed E-state index contributed by atoms with van der Waals surface area (Å²) < 4.78 is 0. The van der Waals surface area contributed by atoms with E-state index in [1.165, 1.54) is 55.6 Å². The van der Waals surface area contributed by atoms with Crippen molar-refractivity contribution in [2.45, 2.75) is 48.0 Å². The van der Waals surface area contributed by atoms with E-state index in [1.54, 1.807) is 0 Å². The molecule has 0 saturated heterocycles. The van der Waals surface area contributed by atoms with E-state index in [9.17, 15) is 0 Å². The van der Waals surface area contributed by atoms with Crippen molar-refractivity contribution in [2.24, 2.45) is 10.9 Å². The molecular weight excluding hydrogens is 675 g/mol. The zero-order chi connectivity index (χ0) is 39.7. The van der Waals surface area contributed by atoms with E-state index < -0.39 is 0 Å². The van der Waals surface area contributed by atoms with E-state index in [2.05, 4.69) is 203 Å². The number of aliphatic imine (C=N–C) groups is 1. The van der Waals surface area contributed by atoms with Crippen molar-refractivity contribution in [1.82, 2.24) is 0 Å². The van der Waals surface area contributed by atoms with Crippen molar-refractivity contribution >= 4 is 17.0 Å². The highest BCUT2D eigenvalue weighted by Crippen LogP contribution is 2.33. The third kappa shape index (κ3) is 10.9. The van der Waals surface area contributed by atoms with Crippen LogP contribution in [0.3, 0.4) is 0 Å². The van der Waals surface area contributed by atoms with Gasteiger partial charge in [0.15, 0.2) is 0 Å². The molecule has 0 aliphatic heterocycles. The van der Waals surface area contributed by atoms with Crippen LogP contribution in [0.5, 0.6) is 0 Å². The minimum atomic E-state index is 0.360. The number of benzene rings is 7. The summed E-state index contributed by atoms with van der Waals surface area (Å²) in [7, 11) is 0. The summed E-state index contributed by atoms with van der Waals surface area (Å²) >= 11 is 0. The molecule has 0 heterocycles. The Bertz CT molecular complexity index is 2350. The van der Waals surface area contributed by atoms with Gasteiger partial charge < -0.3 is 0 Å². The van der Waals surface area contributed by atoms with Crippen molar-refractivity contribution in [3.8, 4) is 44.5 Å². The molecule has 1 heteroatoms. The Labute approximate surface area is 336 Å². The lowest BCUT2D eigenvalue weighted by Crippen LogP contribution is -2.12. The van der Waals surface area contributed by atoms with Gasteiger partial charge in [0.1, 0.15) is 0 Å². The summed E-state index contributed by atoms with van der Waals surface area (Å²) in [6.07, 6.45) is 3.16. The van der Waals surface area contributed by atoms with Crippen LogP contribution in [0.2, 0.25) is 0 Å². The molecule has 0 saturated carbocycles. The van der Waals surface area contributed by atoms with Crippen LogP contribution >= 0.6 is 0 Å². The van der Waals surface area contributed by atoms with Crippen LogP contribution < -0.4 is 0 Å². The van der Waals surface area contributed by atoms with Gasteiger partial charge in [-0.25, -0.2) is 0 Å². The van der Waals surface area contributed by atoms with E-state index in [0.717, 1.165) is 29.0 Å². The normalized spacial score (nSPS) is 11.7. The molecular formula is C55H55N. The van der Waals surface area contributed by atoms with Crippen molar-refractivity contribution in [1.29, 1.82) is 0 Å². The summed E-state index contributed by atoms with van der Waals surface area (Å²) in [5.74, 6) is 0.360. The fourth-order valence-electron chi connectivity index (χ4n) is 6.53. The summed E-state index contributed by atoms with van der Waals surface area (Å²) in [4.78, 5) is 5.25. The Morgan fingerprint density at radius 1 is 0.482 bits per heavy atom. The van der Waals surface area contributed by atoms with Crippen molar-refractivity contribution in [2.75, 3.05) is 0 Å². The first-order valence-corrected chi connectivity index (χ1v) is 19.9. The first-order valence-electron chi connectivity index (χ1n) is 19.9. The van der Waals surface area contributed by atoms with Crippen molar-refractivity contribution in [3.63, 3.8) is 0 Å². The molecule has 7 aromatic carbocycles. The van der Waals surface area contributed by atoms with Gasteiger partial charge in [0.25, 0.3) is 0 Å². The van der Waals surface area contributed by atoms with Gasteiger partial charge in [0.2, 0.25) is 0 Å². The lowest BCUT2D eigenvalue weighted by molar-refractivity contribution is 0.740. The van der Waals surface area contributed by atoms with Gasteiger partial charge >= 0.3 is 0 Å². The summed E-state index contributed by atoms with van der Waals surface area (Å²) in [5.41, 5.74) is 16.4. The van der Waals surface area contributed by atoms with Gasteiger partial charge in [0, 0.05) is 5.56 Å². The van der Waals surface area contributed by atoms with Gasteiger partial charge in [-0.1, -0.05) is 210 Å². The second-order valence-corrected chi connectivity index (χ2v) is 13.7. The molecule has 0 N–H and O–H groups in total. The molecule has 0 spiro atoms. The Morgan fingerprint density at radius 3 is 1.21 bits per heavy atom. The Morgan fingerprint density at radius 2 is 0.821 bits per heavy atom. The Balaban J connectivity index is 0.000000476. The fourth-order valence-corrected chi connectivity index (χ4v) is 6.53. The smallest absolute Gasteiger partial charge is 0.0663 e. The van der Waals surface area contributed by atoms with Gasteiger partial charge in [-0.05, 0) is 106 Å². The van der Waals surface area contributed by atoms with Gasteiger partial charge in [-0.3, -0.25) is 4.99 Å². The number of rotatable bonds is 10. The minimum absolute atomic E-state index is 0.360. The second-order valence-electron chi connectivity index (χ2n) is 13.7. The van der Waals surface area contributed by atoms with E-state index in [1.807, 2.05) is 39.0 Å². The molecule has 0 fully saturated rings. The Kier molecular flexibility index (Phi) is 15.3. The zero-order valence-electron chi connectivity index (χ0n) is 33.9. The largest absolute Gasteiger partial charge is 0.252 e. The first kappa shape index (κ1) is 40.9. The highest BCUT2D eigenvalue weighted by atomic mass is 14.8. The lowest BCUT2D eigenvalue weighted by Gasteiger charge is -2.15. The van der Waals surface area contributed by atoms with Crippen LogP contribution in [0.15, 0.2) is 206 Å². The summed E-state index contributed by atoms with van der Waals surface area (Å²) in [5, 5.41) is 0. The molecule has 1 atom stereocenters. The van der Waals surface area contributed by atoms with Crippen LogP contribution in [0.1, 0.15) is 64.7 Å². The molecule has 0 amide bonds. The van der Waals surface area contributed by atoms with E-state index >= 15 is 0 Å². The van der Waals surface area contributed by atoms with Crippen LogP contribution in [0.4, 0.5) is 0 Å². The molecule has 7 rings (SSSR count). The monoisotopic (exact) mass is 729 g/mol. The first-order chi connectivity index (χ1) is 27.4. The standard InChI is InChI=1S/C44H39N.C9H10.C2H6/c1-4-32(3)44(34-18-10-7-11-19-34)45-43(5-2)42-27-15-26-41(31-42)40-25-14-24-39(30-40)38-23-13-22-37(29-38)36-21-12-20-35(28-36)33-16-8-6-9-17-33;1-8(2)9-6-4-3-5-7-9;1-2/h5-32H,4H2,1-3H3;3-7H,1H2,2H3;1-2H3/b43-5+,45-44?;;. The quantitative estimate of drug-likeness (QED) is 0.124. The molecule has 1 nitrogen and oxygen atoms in total. The SMILES string of the molecule is C/C=C(/N=C(c1ccccc1)C(C)CC)c1cccc(-c2cccc(-c3cccc(-c4cccc(-c5ccccc5)c4)c3)c2)c1.C=C(C)c1ccccc1.CC. The number of allylic oxidation sites excluding steroid dienone is 2. The van der Waals surface area contributed by atoms with Crippen LogP contribution in [0.25, 0.3) is 55.8 Å². The maximum absolute atomic E-state index is 5.25. The topological polar surface area (TPSA) is 12.4 Å². The van der Waals surface area contributed by atoms with E-state index in [-0.39, 0.29) is 0 Å². The third-order valence-electron chi connectivity index (χ3n) is 9.78. The van der Waals surface area contributed by atoms with Gasteiger partial charge in [-0.15, -0.1) is 0 Å². The predicted molar refractivity (Wildman–Crippen MR) is 247 cm³/mol. The molecule has 0 aliphatic rings. The molecule has 0 aliphatic carbocycles. The number of hydrogen-bond acceptors (Lipinski definition) is 1. The molecule has 56 heavy (non-hydrogen) atoms. The fraction of sp³-hybridized carbons (Fsp3) is 0.145. The van der Waals surface area contributed by atoms with Crippen LogP contribution in [0, 0.1) is 5.92 Å². The zero-order valence-corrected chi connectivity index (χ0v) is 33.9. The minimum Gasteiger partial charge on any atom is -0.252 e. The van der Waals surface area contributed by atoms with Crippen LogP contribution in [-0.4, -0.2) is 5.71 Å². The maximum Gasteiger partial charge on any atom is 0.0663 e. The summed E-state index contributed by atoms with van der Waals surface area (Å²) in [6, 6.07) is 66.6. The molecule has 7 aromatic rings. The average molecular weight is 730 g/mol. The maximum atomic E-state index is 5.25. The molecule has 0 aromatic heterocycles. The number of hydrogen-bond donors (Lipinski definition) is 0. The molecule has 0 radical (unpaired) electrons. The van der Waals surface area contributed by atoms with Gasteiger partial charge in [0.05, 0.1) is 11.4 Å².